The van der Waals surface area contributed by atoms with Gasteiger partial charge in [0.25, 0.3) is 0 Å². The molecule has 4 nitrogen and oxygen atoms in total. The van der Waals surface area contributed by atoms with Gasteiger partial charge < -0.3 is 5.32 Å². The number of hydrogen-bond donors (Lipinski definition) is 1. The van der Waals surface area contributed by atoms with Gasteiger partial charge in [-0.3, -0.25) is 0 Å². The number of aryl methyl sites for hydroxylation is 1. The Balaban J connectivity index is 2.78. The summed E-state index contributed by atoms with van der Waals surface area (Å²) in [5, 5.41) is 11.9. The molecular formula is C8H14N4S. The van der Waals surface area contributed by atoms with Crippen molar-refractivity contribution in [3.63, 3.8) is 0 Å². The SMILES string of the molecule is CCCNc1nc(SC)nnc1C. The van der Waals surface area contributed by atoms with Crippen LogP contribution in [0, 0.1) is 6.92 Å². The quantitative estimate of drug-likeness (QED) is 0.747. The van der Waals surface area contributed by atoms with E-state index in [2.05, 4.69) is 27.4 Å². The predicted octanol–water partition coefficient (Wildman–Crippen LogP) is 1.72. The Kier molecular flexibility index (Phi) is 3.95. The number of nitrogens with zero attached hydrogens (tertiary/aromatic N) is 3. The van der Waals surface area contributed by atoms with E-state index in [1.54, 1.807) is 0 Å². The van der Waals surface area contributed by atoms with Crippen molar-refractivity contribution in [1.82, 2.24) is 15.2 Å². The van der Waals surface area contributed by atoms with Crippen molar-refractivity contribution in [3.8, 4) is 0 Å². The van der Waals surface area contributed by atoms with Crippen LogP contribution < -0.4 is 5.32 Å². The molecule has 0 fully saturated rings. The van der Waals surface area contributed by atoms with Crippen molar-refractivity contribution in [2.45, 2.75) is 25.4 Å². The van der Waals surface area contributed by atoms with E-state index in [0.29, 0.717) is 5.16 Å². The van der Waals surface area contributed by atoms with Crippen LogP contribution in [0.3, 0.4) is 0 Å². The number of hydrogen-bond acceptors (Lipinski definition) is 5. The van der Waals surface area contributed by atoms with Gasteiger partial charge >= 0.3 is 0 Å². The number of thioether (sulfide) groups is 1. The van der Waals surface area contributed by atoms with E-state index >= 15 is 0 Å². The fourth-order valence-corrected chi connectivity index (χ4v) is 1.17. The van der Waals surface area contributed by atoms with Crippen molar-refractivity contribution >= 4 is 17.6 Å². The number of aromatic nitrogens is 3. The van der Waals surface area contributed by atoms with Crippen LogP contribution in [0.1, 0.15) is 19.0 Å². The zero-order chi connectivity index (χ0) is 9.68. The predicted molar refractivity (Wildman–Crippen MR) is 55.1 cm³/mol. The first kappa shape index (κ1) is 10.2. The Morgan fingerprint density at radius 1 is 1.38 bits per heavy atom. The van der Waals surface area contributed by atoms with Crippen LogP contribution in [0.25, 0.3) is 0 Å². The molecule has 0 amide bonds. The summed E-state index contributed by atoms with van der Waals surface area (Å²) in [6.45, 7) is 4.95. The molecule has 1 aromatic heterocycles. The van der Waals surface area contributed by atoms with Gasteiger partial charge in [-0.05, 0) is 19.6 Å². The lowest BCUT2D eigenvalue weighted by Gasteiger charge is -2.06. The van der Waals surface area contributed by atoms with Gasteiger partial charge in [0.2, 0.25) is 5.16 Å². The highest BCUT2D eigenvalue weighted by Crippen LogP contribution is 2.12. The van der Waals surface area contributed by atoms with Crippen molar-refractivity contribution in [1.29, 1.82) is 0 Å². The molecule has 0 saturated heterocycles. The molecule has 0 unspecified atom stereocenters. The fraction of sp³-hybridized carbons (Fsp3) is 0.625. The largest absolute Gasteiger partial charge is 0.368 e. The van der Waals surface area contributed by atoms with E-state index in [0.717, 1.165) is 24.5 Å². The zero-order valence-corrected chi connectivity index (χ0v) is 8.98. The molecule has 0 aliphatic rings. The molecule has 1 aromatic rings. The maximum absolute atomic E-state index is 4.31. The van der Waals surface area contributed by atoms with E-state index in [-0.39, 0.29) is 0 Å². The summed E-state index contributed by atoms with van der Waals surface area (Å²) in [5.41, 5.74) is 0.853. The number of anilines is 1. The van der Waals surface area contributed by atoms with Gasteiger partial charge in [-0.15, -0.1) is 10.2 Å². The molecule has 0 spiro atoms. The highest BCUT2D eigenvalue weighted by atomic mass is 32.2. The third-order valence-electron chi connectivity index (χ3n) is 1.56. The minimum atomic E-state index is 0.712. The normalized spacial score (nSPS) is 10.1. The monoisotopic (exact) mass is 198 g/mol. The van der Waals surface area contributed by atoms with Crippen LogP contribution in [0.15, 0.2) is 5.16 Å². The smallest absolute Gasteiger partial charge is 0.210 e. The maximum Gasteiger partial charge on any atom is 0.210 e. The third kappa shape index (κ3) is 2.84. The molecule has 0 aliphatic heterocycles. The van der Waals surface area contributed by atoms with Gasteiger partial charge in [0, 0.05) is 6.54 Å². The van der Waals surface area contributed by atoms with Gasteiger partial charge in [-0.25, -0.2) is 4.98 Å². The molecule has 1 N–H and O–H groups in total. The second-order valence-electron chi connectivity index (χ2n) is 2.66. The molecule has 1 rings (SSSR count). The molecule has 13 heavy (non-hydrogen) atoms. The van der Waals surface area contributed by atoms with Gasteiger partial charge in [-0.1, -0.05) is 18.7 Å². The third-order valence-corrected chi connectivity index (χ3v) is 2.10. The Bertz CT molecular complexity index is 277. The van der Waals surface area contributed by atoms with Crippen LogP contribution >= 0.6 is 11.8 Å². The average molecular weight is 198 g/mol. The first-order chi connectivity index (χ1) is 6.27. The lowest BCUT2D eigenvalue weighted by Crippen LogP contribution is -2.07. The van der Waals surface area contributed by atoms with Crippen molar-refractivity contribution < 1.29 is 0 Å². The number of nitrogens with one attached hydrogen (secondary N) is 1. The molecule has 72 valence electrons. The van der Waals surface area contributed by atoms with Crippen LogP contribution in [0.4, 0.5) is 5.82 Å². The Morgan fingerprint density at radius 3 is 2.77 bits per heavy atom. The standard InChI is InChI=1S/C8H14N4S/c1-4-5-9-7-6(2)11-12-8(10-7)13-3/h4-5H2,1-3H3,(H,9,10,12). The molecule has 0 atom stereocenters. The maximum atomic E-state index is 4.31. The molecule has 0 saturated carbocycles. The molecule has 0 aromatic carbocycles. The van der Waals surface area contributed by atoms with Gasteiger partial charge in [0.15, 0.2) is 5.82 Å². The lowest BCUT2D eigenvalue weighted by atomic mass is 10.4. The summed E-state index contributed by atoms with van der Waals surface area (Å²) in [4.78, 5) is 4.31. The highest BCUT2D eigenvalue weighted by Gasteiger charge is 2.02. The van der Waals surface area contributed by atoms with Crippen molar-refractivity contribution in [3.05, 3.63) is 5.69 Å². The number of rotatable bonds is 4. The van der Waals surface area contributed by atoms with Gasteiger partial charge in [-0.2, -0.15) is 0 Å². The fourth-order valence-electron chi connectivity index (χ4n) is 0.861. The minimum absolute atomic E-state index is 0.712. The van der Waals surface area contributed by atoms with E-state index in [4.69, 9.17) is 0 Å². The van der Waals surface area contributed by atoms with Gasteiger partial charge in [0.1, 0.15) is 5.69 Å². The first-order valence-corrected chi connectivity index (χ1v) is 5.49. The minimum Gasteiger partial charge on any atom is -0.368 e. The molecule has 0 aliphatic carbocycles. The molecule has 0 radical (unpaired) electrons. The Hall–Kier alpha value is -0.840. The summed E-state index contributed by atoms with van der Waals surface area (Å²) in [5.74, 6) is 0.848. The van der Waals surface area contributed by atoms with Crippen LogP contribution in [0.2, 0.25) is 0 Å². The van der Waals surface area contributed by atoms with Crippen LogP contribution in [-0.4, -0.2) is 28.0 Å². The second kappa shape index (κ2) is 5.01. The van der Waals surface area contributed by atoms with Crippen molar-refractivity contribution in [2.24, 2.45) is 0 Å². The first-order valence-electron chi connectivity index (χ1n) is 4.27. The molecule has 0 bridgehead atoms. The Morgan fingerprint density at radius 2 is 2.15 bits per heavy atom. The summed E-state index contributed by atoms with van der Waals surface area (Å²) in [6, 6.07) is 0. The van der Waals surface area contributed by atoms with E-state index < -0.39 is 0 Å². The van der Waals surface area contributed by atoms with E-state index in [1.165, 1.54) is 11.8 Å². The van der Waals surface area contributed by atoms with E-state index in [9.17, 15) is 0 Å². The van der Waals surface area contributed by atoms with Crippen LogP contribution in [0.5, 0.6) is 0 Å². The van der Waals surface area contributed by atoms with Crippen LogP contribution in [-0.2, 0) is 0 Å². The molecule has 5 heteroatoms. The summed E-state index contributed by atoms with van der Waals surface area (Å²) < 4.78 is 0. The van der Waals surface area contributed by atoms with Crippen molar-refractivity contribution in [2.75, 3.05) is 18.1 Å². The zero-order valence-electron chi connectivity index (χ0n) is 8.16. The second-order valence-corrected chi connectivity index (χ2v) is 3.43. The topological polar surface area (TPSA) is 50.7 Å². The molecule has 1 heterocycles. The summed E-state index contributed by atoms with van der Waals surface area (Å²) in [6.07, 6.45) is 3.02. The average Bonchev–Trinajstić information content (AvgIpc) is 2.17. The highest BCUT2D eigenvalue weighted by molar-refractivity contribution is 7.98. The molecular weight excluding hydrogens is 184 g/mol. The Labute approximate surface area is 82.6 Å². The van der Waals surface area contributed by atoms with E-state index in [1.807, 2.05) is 13.2 Å². The summed E-state index contributed by atoms with van der Waals surface area (Å²) in [7, 11) is 0. The summed E-state index contributed by atoms with van der Waals surface area (Å²) >= 11 is 1.50. The lowest BCUT2D eigenvalue weighted by molar-refractivity contribution is 0.810. The van der Waals surface area contributed by atoms with Gasteiger partial charge in [0.05, 0.1) is 0 Å².